The number of pyridine rings is 1. The molecule has 0 aliphatic carbocycles. The van der Waals surface area contributed by atoms with E-state index >= 15 is 0 Å². The molecule has 0 aliphatic rings. The SMILES string of the molecule is NC(=O)c1cn2ccnc2c(-c2cccc3[nH]ncc23)c1N. The Balaban J connectivity index is 2.18. The first-order valence-electron chi connectivity index (χ1n) is 6.64. The molecule has 0 fully saturated rings. The summed E-state index contributed by atoms with van der Waals surface area (Å²) >= 11 is 0. The number of hydrogen-bond donors (Lipinski definition) is 3. The van der Waals surface area contributed by atoms with Crippen molar-refractivity contribution in [1.29, 1.82) is 0 Å². The zero-order valence-electron chi connectivity index (χ0n) is 11.4. The Bertz CT molecular complexity index is 1030. The minimum Gasteiger partial charge on any atom is -0.397 e. The number of nitrogens with one attached hydrogen (secondary N) is 1. The highest BCUT2D eigenvalue weighted by atomic mass is 16.1. The van der Waals surface area contributed by atoms with Crippen molar-refractivity contribution < 1.29 is 4.79 Å². The molecule has 0 unspecified atom stereocenters. The molecule has 22 heavy (non-hydrogen) atoms. The number of nitrogen functional groups attached to an aromatic ring is 1. The van der Waals surface area contributed by atoms with E-state index in [9.17, 15) is 4.79 Å². The molecule has 0 saturated heterocycles. The third kappa shape index (κ3) is 1.59. The van der Waals surface area contributed by atoms with Crippen molar-refractivity contribution >= 4 is 28.1 Å². The zero-order chi connectivity index (χ0) is 15.3. The molecule has 0 radical (unpaired) electrons. The van der Waals surface area contributed by atoms with E-state index in [-0.39, 0.29) is 5.56 Å². The number of nitrogens with two attached hydrogens (primary N) is 2. The van der Waals surface area contributed by atoms with Gasteiger partial charge in [-0.1, -0.05) is 12.1 Å². The lowest BCUT2D eigenvalue weighted by molar-refractivity contribution is 0.100. The van der Waals surface area contributed by atoms with Gasteiger partial charge in [-0.05, 0) is 11.6 Å². The molecule has 0 aliphatic heterocycles. The van der Waals surface area contributed by atoms with Gasteiger partial charge in [0, 0.05) is 29.5 Å². The van der Waals surface area contributed by atoms with Crippen LogP contribution in [0.3, 0.4) is 0 Å². The van der Waals surface area contributed by atoms with Gasteiger partial charge in [-0.2, -0.15) is 5.10 Å². The Hall–Kier alpha value is -3.35. The van der Waals surface area contributed by atoms with Crippen LogP contribution in [-0.2, 0) is 0 Å². The largest absolute Gasteiger partial charge is 0.397 e. The molecule has 7 heteroatoms. The fourth-order valence-electron chi connectivity index (χ4n) is 2.72. The lowest BCUT2D eigenvalue weighted by atomic mass is 9.99. The number of amides is 1. The molecule has 1 amide bonds. The minimum absolute atomic E-state index is 0.265. The van der Waals surface area contributed by atoms with Crippen LogP contribution in [0.4, 0.5) is 5.69 Å². The molecule has 0 saturated carbocycles. The molecular weight excluding hydrogens is 280 g/mol. The maximum absolute atomic E-state index is 11.7. The fraction of sp³-hybridized carbons (Fsp3) is 0. The van der Waals surface area contributed by atoms with Crippen LogP contribution >= 0.6 is 0 Å². The number of fused-ring (bicyclic) bond motifs is 2. The van der Waals surface area contributed by atoms with Crippen molar-refractivity contribution in [3.63, 3.8) is 0 Å². The van der Waals surface area contributed by atoms with Gasteiger partial charge in [0.1, 0.15) is 5.65 Å². The van der Waals surface area contributed by atoms with E-state index in [1.54, 1.807) is 29.2 Å². The number of H-pyrrole nitrogens is 1. The summed E-state index contributed by atoms with van der Waals surface area (Å²) in [5, 5.41) is 7.88. The number of benzene rings is 1. The van der Waals surface area contributed by atoms with Crippen molar-refractivity contribution in [2.45, 2.75) is 0 Å². The van der Waals surface area contributed by atoms with Gasteiger partial charge in [0.25, 0.3) is 5.91 Å². The number of aromatic nitrogens is 4. The second-order valence-electron chi connectivity index (χ2n) is 4.99. The fourth-order valence-corrected chi connectivity index (χ4v) is 2.72. The Morgan fingerprint density at radius 1 is 1.32 bits per heavy atom. The highest BCUT2D eigenvalue weighted by molar-refractivity contribution is 6.08. The van der Waals surface area contributed by atoms with Crippen LogP contribution < -0.4 is 11.5 Å². The van der Waals surface area contributed by atoms with E-state index < -0.39 is 5.91 Å². The molecule has 5 N–H and O–H groups in total. The van der Waals surface area contributed by atoms with Crippen molar-refractivity contribution in [3.05, 3.63) is 48.5 Å². The highest BCUT2D eigenvalue weighted by Crippen LogP contribution is 2.36. The number of nitrogens with zero attached hydrogens (tertiary/aromatic N) is 3. The van der Waals surface area contributed by atoms with Crippen LogP contribution in [0, 0.1) is 0 Å². The van der Waals surface area contributed by atoms with Crippen LogP contribution in [0.15, 0.2) is 43.0 Å². The summed E-state index contributed by atoms with van der Waals surface area (Å²) in [7, 11) is 0. The maximum atomic E-state index is 11.7. The molecule has 0 spiro atoms. The lowest BCUT2D eigenvalue weighted by Crippen LogP contribution is -2.15. The van der Waals surface area contributed by atoms with Gasteiger partial charge in [0.05, 0.1) is 23.0 Å². The normalized spacial score (nSPS) is 11.3. The van der Waals surface area contributed by atoms with Gasteiger partial charge in [-0.3, -0.25) is 9.89 Å². The number of carbonyl (C=O) groups excluding carboxylic acids is 1. The highest BCUT2D eigenvalue weighted by Gasteiger charge is 2.19. The third-order valence-electron chi connectivity index (χ3n) is 3.74. The van der Waals surface area contributed by atoms with E-state index in [2.05, 4.69) is 15.2 Å². The molecule has 3 aromatic heterocycles. The molecule has 0 bridgehead atoms. The van der Waals surface area contributed by atoms with Crippen molar-refractivity contribution in [2.75, 3.05) is 5.73 Å². The Labute approximate surface area is 124 Å². The van der Waals surface area contributed by atoms with Gasteiger partial charge in [0.15, 0.2) is 0 Å². The second-order valence-corrected chi connectivity index (χ2v) is 4.99. The molecule has 0 atom stereocenters. The maximum Gasteiger partial charge on any atom is 0.252 e. The molecule has 4 aromatic rings. The zero-order valence-corrected chi connectivity index (χ0v) is 11.4. The average Bonchev–Trinajstić information content (AvgIpc) is 3.14. The van der Waals surface area contributed by atoms with E-state index in [1.165, 1.54) is 0 Å². The van der Waals surface area contributed by atoms with Crippen molar-refractivity contribution in [2.24, 2.45) is 5.73 Å². The Morgan fingerprint density at radius 3 is 3.00 bits per heavy atom. The summed E-state index contributed by atoms with van der Waals surface area (Å²) < 4.78 is 1.74. The van der Waals surface area contributed by atoms with Crippen LogP contribution in [0.25, 0.3) is 27.7 Å². The topological polar surface area (TPSA) is 115 Å². The van der Waals surface area contributed by atoms with Crippen molar-refractivity contribution in [1.82, 2.24) is 19.6 Å². The standard InChI is InChI=1S/C15H12N6O/c16-13-10(14(17)22)7-21-5-4-18-15(21)12(13)8-2-1-3-11-9(8)6-19-20-11/h1-7H,16H2,(H2,17,22)(H,19,20). The number of aromatic amines is 1. The summed E-state index contributed by atoms with van der Waals surface area (Å²) in [5.74, 6) is -0.575. The van der Waals surface area contributed by atoms with Crippen LogP contribution in [0.5, 0.6) is 0 Å². The number of carbonyl (C=O) groups is 1. The summed E-state index contributed by atoms with van der Waals surface area (Å²) in [6, 6.07) is 5.73. The number of primary amides is 1. The minimum atomic E-state index is -0.575. The second kappa shape index (κ2) is 4.32. The van der Waals surface area contributed by atoms with Crippen LogP contribution in [0.2, 0.25) is 0 Å². The molecule has 108 valence electrons. The van der Waals surface area contributed by atoms with Crippen molar-refractivity contribution in [3.8, 4) is 11.1 Å². The quantitative estimate of drug-likeness (QED) is 0.520. The molecule has 4 rings (SSSR count). The van der Waals surface area contributed by atoms with Gasteiger partial charge < -0.3 is 15.9 Å². The summed E-state index contributed by atoms with van der Waals surface area (Å²) in [4.78, 5) is 16.0. The average molecular weight is 292 g/mol. The number of rotatable bonds is 2. The number of imidazole rings is 1. The summed E-state index contributed by atoms with van der Waals surface area (Å²) in [6.07, 6.45) is 6.72. The number of anilines is 1. The molecule has 3 heterocycles. The summed E-state index contributed by atoms with van der Waals surface area (Å²) in [5.41, 5.74) is 15.3. The van der Waals surface area contributed by atoms with E-state index in [0.717, 1.165) is 16.5 Å². The van der Waals surface area contributed by atoms with E-state index in [4.69, 9.17) is 11.5 Å². The van der Waals surface area contributed by atoms with Gasteiger partial charge in [0.2, 0.25) is 0 Å². The van der Waals surface area contributed by atoms with Gasteiger partial charge in [-0.25, -0.2) is 4.98 Å². The summed E-state index contributed by atoms with van der Waals surface area (Å²) in [6.45, 7) is 0. The first-order valence-corrected chi connectivity index (χ1v) is 6.64. The Morgan fingerprint density at radius 2 is 2.18 bits per heavy atom. The molecular formula is C15H12N6O. The number of hydrogen-bond acceptors (Lipinski definition) is 4. The first-order chi connectivity index (χ1) is 10.7. The van der Waals surface area contributed by atoms with E-state index in [0.29, 0.717) is 16.9 Å². The monoisotopic (exact) mass is 292 g/mol. The predicted octanol–water partition coefficient (Wildman–Crippen LogP) is 1.56. The van der Waals surface area contributed by atoms with Crippen LogP contribution in [0.1, 0.15) is 10.4 Å². The predicted molar refractivity (Wildman–Crippen MR) is 83.2 cm³/mol. The lowest BCUT2D eigenvalue weighted by Gasteiger charge is -2.12. The first kappa shape index (κ1) is 12.4. The van der Waals surface area contributed by atoms with Gasteiger partial charge in [-0.15, -0.1) is 0 Å². The molecule has 1 aromatic carbocycles. The van der Waals surface area contributed by atoms with Crippen LogP contribution in [-0.4, -0.2) is 25.5 Å². The van der Waals surface area contributed by atoms with E-state index in [1.807, 2.05) is 18.2 Å². The Kier molecular flexibility index (Phi) is 2.43. The van der Waals surface area contributed by atoms with Gasteiger partial charge >= 0.3 is 0 Å². The smallest absolute Gasteiger partial charge is 0.252 e. The third-order valence-corrected chi connectivity index (χ3v) is 3.74. The molecule has 7 nitrogen and oxygen atoms in total.